The van der Waals surface area contributed by atoms with Gasteiger partial charge in [0.25, 0.3) is 0 Å². The normalized spacial score (nSPS) is 10.6. The van der Waals surface area contributed by atoms with Gasteiger partial charge in [-0.25, -0.2) is 19.0 Å². The van der Waals surface area contributed by atoms with E-state index in [-0.39, 0.29) is 29.6 Å². The van der Waals surface area contributed by atoms with Crippen LogP contribution in [0.5, 0.6) is 0 Å². The van der Waals surface area contributed by atoms with Crippen LogP contribution in [0.25, 0.3) is 22.8 Å². The summed E-state index contributed by atoms with van der Waals surface area (Å²) in [6.45, 7) is 2.09. The first kappa shape index (κ1) is 19.7. The van der Waals surface area contributed by atoms with Crippen molar-refractivity contribution in [2.45, 2.75) is 13.5 Å². The molecular formula is C21H16FN9. The van der Waals surface area contributed by atoms with Crippen molar-refractivity contribution in [1.82, 2.24) is 34.7 Å². The van der Waals surface area contributed by atoms with Gasteiger partial charge in [-0.3, -0.25) is 4.68 Å². The third-order valence-corrected chi connectivity index (χ3v) is 4.76. The minimum Gasteiger partial charge on any atom is -0.381 e. The monoisotopic (exact) mass is 413 g/mol. The molecule has 0 radical (unpaired) electrons. The van der Waals surface area contributed by atoms with Gasteiger partial charge in [0, 0.05) is 18.2 Å². The average Bonchev–Trinajstić information content (AvgIpc) is 3.36. The Kier molecular flexibility index (Phi) is 4.89. The van der Waals surface area contributed by atoms with Crippen molar-refractivity contribution in [3.63, 3.8) is 0 Å². The van der Waals surface area contributed by atoms with E-state index in [4.69, 9.17) is 17.4 Å². The van der Waals surface area contributed by atoms with Gasteiger partial charge in [0.1, 0.15) is 23.2 Å². The number of benzene rings is 1. The molecule has 0 aliphatic rings. The topological polar surface area (TPSA) is 124 Å². The molecule has 0 atom stereocenters. The molecule has 1 aromatic carbocycles. The van der Waals surface area contributed by atoms with E-state index in [1.165, 1.54) is 15.6 Å². The average molecular weight is 413 g/mol. The van der Waals surface area contributed by atoms with Crippen molar-refractivity contribution in [1.29, 1.82) is 5.26 Å². The molecule has 0 unspecified atom stereocenters. The number of nitrogens with zero attached hydrogens (tertiary/aromatic N) is 8. The van der Waals surface area contributed by atoms with Gasteiger partial charge in [-0.05, 0) is 24.6 Å². The molecular weight excluding hydrogens is 397 g/mol. The van der Waals surface area contributed by atoms with E-state index in [2.05, 4.69) is 31.3 Å². The summed E-state index contributed by atoms with van der Waals surface area (Å²) >= 11 is 0. The Hall–Kier alpha value is -4.57. The van der Waals surface area contributed by atoms with E-state index in [9.17, 15) is 4.39 Å². The zero-order valence-corrected chi connectivity index (χ0v) is 16.7. The fourth-order valence-corrected chi connectivity index (χ4v) is 3.15. The quantitative estimate of drug-likeness (QED) is 0.508. The van der Waals surface area contributed by atoms with Crippen LogP contribution in [0.2, 0.25) is 0 Å². The standard InChI is InChI=1S/C21H16FN9/c1-4-13-6-5-7-16(12(13)2)21-25-19(18(22)20(24)26-21)17-11-31(29-27-17)10-14-8-15(9-23)30(3)28-14/h1,5-8,11H,10H2,2-3H3,(H2,24,25,26). The molecule has 4 rings (SSSR count). The Morgan fingerprint density at radius 1 is 1.29 bits per heavy atom. The first-order valence-electron chi connectivity index (χ1n) is 9.14. The number of aryl methyl sites for hydroxylation is 1. The maximum atomic E-state index is 14.8. The van der Waals surface area contributed by atoms with Gasteiger partial charge in [0.2, 0.25) is 0 Å². The molecule has 2 N–H and O–H groups in total. The summed E-state index contributed by atoms with van der Waals surface area (Å²) in [5.74, 6) is 1.75. The third-order valence-electron chi connectivity index (χ3n) is 4.76. The minimum atomic E-state index is -0.786. The third kappa shape index (κ3) is 3.58. The number of nitrogen functional groups attached to an aromatic ring is 1. The maximum Gasteiger partial charge on any atom is 0.193 e. The van der Waals surface area contributed by atoms with E-state index in [1.807, 2.05) is 13.0 Å². The van der Waals surface area contributed by atoms with Crippen LogP contribution in [0.15, 0.2) is 30.5 Å². The number of hydrogen-bond acceptors (Lipinski definition) is 7. The van der Waals surface area contributed by atoms with Crippen molar-refractivity contribution in [3.8, 4) is 41.2 Å². The van der Waals surface area contributed by atoms with Crippen LogP contribution in [0.3, 0.4) is 0 Å². The number of nitriles is 1. The highest BCUT2D eigenvalue weighted by Gasteiger charge is 2.19. The lowest BCUT2D eigenvalue weighted by Gasteiger charge is -2.09. The molecule has 152 valence electrons. The first-order valence-corrected chi connectivity index (χ1v) is 9.14. The summed E-state index contributed by atoms with van der Waals surface area (Å²) < 4.78 is 17.7. The van der Waals surface area contributed by atoms with Gasteiger partial charge in [0.05, 0.1) is 18.4 Å². The molecule has 0 amide bonds. The number of hydrogen-bond donors (Lipinski definition) is 1. The van der Waals surface area contributed by atoms with Crippen LogP contribution >= 0.6 is 0 Å². The predicted octanol–water partition coefficient (Wildman–Crippen LogP) is 2.07. The molecule has 0 saturated heterocycles. The highest BCUT2D eigenvalue weighted by atomic mass is 19.1. The molecule has 0 fully saturated rings. The largest absolute Gasteiger partial charge is 0.381 e. The summed E-state index contributed by atoms with van der Waals surface area (Å²) in [5.41, 5.74) is 9.08. The van der Waals surface area contributed by atoms with Crippen LogP contribution in [0.1, 0.15) is 22.5 Å². The Bertz CT molecular complexity index is 1390. The van der Waals surface area contributed by atoms with E-state index >= 15 is 0 Å². The van der Waals surface area contributed by atoms with E-state index in [0.29, 0.717) is 22.5 Å². The van der Waals surface area contributed by atoms with E-state index < -0.39 is 5.82 Å². The molecule has 0 saturated carbocycles. The summed E-state index contributed by atoms with van der Waals surface area (Å²) in [6, 6.07) is 9.05. The van der Waals surface area contributed by atoms with Gasteiger partial charge in [-0.2, -0.15) is 10.4 Å². The van der Waals surface area contributed by atoms with Crippen LogP contribution in [-0.2, 0) is 13.6 Å². The molecule has 10 heteroatoms. The molecule has 3 aromatic heterocycles. The fraction of sp³-hybridized carbons (Fsp3) is 0.143. The van der Waals surface area contributed by atoms with Crippen molar-refractivity contribution in [3.05, 3.63) is 58.8 Å². The highest BCUT2D eigenvalue weighted by molar-refractivity contribution is 5.69. The summed E-state index contributed by atoms with van der Waals surface area (Å²) in [4.78, 5) is 8.43. The Balaban J connectivity index is 1.72. The Morgan fingerprint density at radius 2 is 2.10 bits per heavy atom. The molecule has 4 aromatic rings. The van der Waals surface area contributed by atoms with Crippen LogP contribution in [0.4, 0.5) is 10.2 Å². The number of halogens is 1. The van der Waals surface area contributed by atoms with Crippen molar-refractivity contribution in [2.24, 2.45) is 7.05 Å². The predicted molar refractivity (Wildman–Crippen MR) is 111 cm³/mol. The lowest BCUT2D eigenvalue weighted by atomic mass is 10.0. The second-order valence-electron chi connectivity index (χ2n) is 6.78. The van der Waals surface area contributed by atoms with Gasteiger partial charge in [0.15, 0.2) is 17.5 Å². The van der Waals surface area contributed by atoms with Crippen molar-refractivity contribution < 1.29 is 4.39 Å². The molecule has 0 bridgehead atoms. The minimum absolute atomic E-state index is 0.0713. The Labute approximate surface area is 177 Å². The van der Waals surface area contributed by atoms with Crippen LogP contribution in [0, 0.1) is 36.4 Å². The lowest BCUT2D eigenvalue weighted by molar-refractivity contribution is 0.622. The molecule has 9 nitrogen and oxygen atoms in total. The molecule has 0 aliphatic heterocycles. The van der Waals surface area contributed by atoms with Gasteiger partial charge in [-0.1, -0.05) is 23.3 Å². The number of aromatic nitrogens is 7. The molecule has 0 spiro atoms. The van der Waals surface area contributed by atoms with E-state index in [1.54, 1.807) is 31.3 Å². The van der Waals surface area contributed by atoms with Crippen LogP contribution < -0.4 is 5.73 Å². The highest BCUT2D eigenvalue weighted by Crippen LogP contribution is 2.28. The number of terminal acetylenes is 1. The zero-order chi connectivity index (χ0) is 22.1. The maximum absolute atomic E-state index is 14.8. The Morgan fingerprint density at radius 3 is 2.81 bits per heavy atom. The van der Waals surface area contributed by atoms with E-state index in [0.717, 1.165) is 5.56 Å². The summed E-state index contributed by atoms with van der Waals surface area (Å²) in [7, 11) is 1.67. The first-order chi connectivity index (χ1) is 14.9. The van der Waals surface area contributed by atoms with Crippen molar-refractivity contribution >= 4 is 5.82 Å². The fourth-order valence-electron chi connectivity index (χ4n) is 3.15. The molecule has 0 aliphatic carbocycles. The van der Waals surface area contributed by atoms with Gasteiger partial charge < -0.3 is 5.73 Å². The van der Waals surface area contributed by atoms with Gasteiger partial charge >= 0.3 is 0 Å². The second-order valence-corrected chi connectivity index (χ2v) is 6.78. The number of anilines is 1. The van der Waals surface area contributed by atoms with Crippen molar-refractivity contribution in [2.75, 3.05) is 5.73 Å². The second kappa shape index (κ2) is 7.69. The molecule has 3 heterocycles. The molecule has 31 heavy (non-hydrogen) atoms. The smallest absolute Gasteiger partial charge is 0.193 e. The SMILES string of the molecule is C#Cc1cccc(-c2nc(N)c(F)c(-c3cn(Cc4cc(C#N)n(C)n4)nn3)n2)c1C. The zero-order valence-electron chi connectivity index (χ0n) is 16.7. The van der Waals surface area contributed by atoms with Gasteiger partial charge in [-0.15, -0.1) is 11.5 Å². The number of nitrogens with two attached hydrogens (primary N) is 1. The lowest BCUT2D eigenvalue weighted by Crippen LogP contribution is -2.04. The number of rotatable bonds is 4. The summed E-state index contributed by atoms with van der Waals surface area (Å²) in [5, 5.41) is 21.3. The summed E-state index contributed by atoms with van der Waals surface area (Å²) in [6.07, 6.45) is 7.07. The van der Waals surface area contributed by atoms with Crippen LogP contribution in [-0.4, -0.2) is 34.7 Å².